The quantitative estimate of drug-likeness (QED) is 0.671. The van der Waals surface area contributed by atoms with E-state index in [1.54, 1.807) is 18.7 Å². The van der Waals surface area contributed by atoms with Gasteiger partial charge < -0.3 is 5.32 Å². The van der Waals surface area contributed by atoms with Gasteiger partial charge in [-0.2, -0.15) is 16.9 Å². The molecule has 0 aromatic carbocycles. The molecule has 116 valence electrons. The Morgan fingerprint density at radius 1 is 1.35 bits per heavy atom. The first-order valence-corrected chi connectivity index (χ1v) is 9.44. The van der Waals surface area contributed by atoms with Gasteiger partial charge in [-0.25, -0.2) is 13.1 Å². The molecular weight excluding hydrogens is 296 g/mol. The fraction of sp³-hybridized carbons (Fsp3) is 0.750. The van der Waals surface area contributed by atoms with Crippen molar-refractivity contribution in [2.45, 2.75) is 51.2 Å². The third kappa shape index (κ3) is 4.76. The SMILES string of the molecule is CSCC(C)NS(=O)(=O)c1c(CNC(C)C)n[nH]c1C. The molecule has 1 aromatic heterocycles. The Balaban J connectivity index is 2.96. The van der Waals surface area contributed by atoms with Crippen molar-refractivity contribution in [2.24, 2.45) is 0 Å². The van der Waals surface area contributed by atoms with Gasteiger partial charge in [0.15, 0.2) is 0 Å². The summed E-state index contributed by atoms with van der Waals surface area (Å²) in [6.07, 6.45) is 1.95. The number of thioether (sulfide) groups is 1. The van der Waals surface area contributed by atoms with Crippen molar-refractivity contribution in [1.82, 2.24) is 20.2 Å². The molecule has 0 radical (unpaired) electrons. The molecule has 20 heavy (non-hydrogen) atoms. The third-order valence-electron chi connectivity index (χ3n) is 2.68. The normalized spacial score (nSPS) is 13.9. The molecule has 1 unspecified atom stereocenters. The minimum atomic E-state index is -3.54. The fourth-order valence-corrected chi connectivity index (χ4v) is 4.15. The van der Waals surface area contributed by atoms with Crippen molar-refractivity contribution in [2.75, 3.05) is 12.0 Å². The maximum absolute atomic E-state index is 12.5. The van der Waals surface area contributed by atoms with Crippen LogP contribution in [0.1, 0.15) is 32.2 Å². The van der Waals surface area contributed by atoms with E-state index in [1.807, 2.05) is 27.0 Å². The lowest BCUT2D eigenvalue weighted by Crippen LogP contribution is -2.35. The number of nitrogens with one attached hydrogen (secondary N) is 3. The first-order valence-electron chi connectivity index (χ1n) is 6.56. The average Bonchev–Trinajstić information content (AvgIpc) is 2.68. The zero-order chi connectivity index (χ0) is 15.3. The molecule has 0 amide bonds. The summed E-state index contributed by atoms with van der Waals surface area (Å²) in [5.74, 6) is 0.732. The van der Waals surface area contributed by atoms with Crippen LogP contribution in [0.25, 0.3) is 0 Å². The summed E-state index contributed by atoms with van der Waals surface area (Å²) >= 11 is 1.61. The van der Waals surface area contributed by atoms with Crippen molar-refractivity contribution < 1.29 is 8.42 Å². The Bertz CT molecular complexity index is 526. The number of rotatable bonds is 8. The predicted octanol–water partition coefficient (Wildman–Crippen LogP) is 1.25. The second kappa shape index (κ2) is 7.44. The van der Waals surface area contributed by atoms with Crippen LogP contribution in [0.4, 0.5) is 0 Å². The Morgan fingerprint density at radius 3 is 2.55 bits per heavy atom. The molecule has 1 heterocycles. The van der Waals surface area contributed by atoms with Crippen molar-refractivity contribution >= 4 is 21.8 Å². The molecule has 0 aliphatic carbocycles. The van der Waals surface area contributed by atoms with Crippen molar-refractivity contribution in [3.05, 3.63) is 11.4 Å². The van der Waals surface area contributed by atoms with E-state index >= 15 is 0 Å². The fourth-order valence-electron chi connectivity index (χ4n) is 1.85. The molecule has 1 aromatic rings. The highest BCUT2D eigenvalue weighted by atomic mass is 32.2. The van der Waals surface area contributed by atoms with Crippen LogP contribution >= 0.6 is 11.8 Å². The van der Waals surface area contributed by atoms with Crippen LogP contribution in [0.5, 0.6) is 0 Å². The van der Waals surface area contributed by atoms with Crippen LogP contribution in [-0.4, -0.2) is 42.7 Å². The topological polar surface area (TPSA) is 86.9 Å². The maximum Gasteiger partial charge on any atom is 0.244 e. The zero-order valence-electron chi connectivity index (χ0n) is 12.6. The Morgan fingerprint density at radius 2 is 2.00 bits per heavy atom. The maximum atomic E-state index is 12.5. The standard InChI is InChI=1S/C12H24N4O2S2/c1-8(2)13-6-11-12(10(4)14-15-11)20(17,18)16-9(3)7-19-5/h8-9,13,16H,6-7H2,1-5H3,(H,14,15). The van der Waals surface area contributed by atoms with Crippen LogP contribution in [-0.2, 0) is 16.6 Å². The largest absolute Gasteiger partial charge is 0.309 e. The van der Waals surface area contributed by atoms with Crippen molar-refractivity contribution in [3.8, 4) is 0 Å². The minimum Gasteiger partial charge on any atom is -0.309 e. The van der Waals surface area contributed by atoms with E-state index < -0.39 is 10.0 Å². The van der Waals surface area contributed by atoms with Crippen LogP contribution in [0.3, 0.4) is 0 Å². The summed E-state index contributed by atoms with van der Waals surface area (Å²) in [4.78, 5) is 0.263. The predicted molar refractivity (Wildman–Crippen MR) is 83.5 cm³/mol. The molecule has 0 bridgehead atoms. The van der Waals surface area contributed by atoms with Crippen LogP contribution in [0.2, 0.25) is 0 Å². The van der Waals surface area contributed by atoms with E-state index in [2.05, 4.69) is 20.2 Å². The van der Waals surface area contributed by atoms with E-state index in [4.69, 9.17) is 0 Å². The Labute approximate surface area is 125 Å². The number of H-pyrrole nitrogens is 1. The number of aryl methyl sites for hydroxylation is 1. The van der Waals surface area contributed by atoms with Gasteiger partial charge in [-0.15, -0.1) is 0 Å². The lowest BCUT2D eigenvalue weighted by atomic mass is 10.3. The molecule has 1 atom stereocenters. The molecule has 6 nitrogen and oxygen atoms in total. The van der Waals surface area contributed by atoms with E-state index in [-0.39, 0.29) is 17.0 Å². The number of aromatic nitrogens is 2. The molecule has 0 aliphatic rings. The zero-order valence-corrected chi connectivity index (χ0v) is 14.3. The molecule has 0 fully saturated rings. The summed E-state index contributed by atoms with van der Waals surface area (Å²) in [6, 6.07) is 0.154. The minimum absolute atomic E-state index is 0.116. The lowest BCUT2D eigenvalue weighted by molar-refractivity contribution is 0.558. The van der Waals surface area contributed by atoms with Gasteiger partial charge in [0.2, 0.25) is 10.0 Å². The molecule has 8 heteroatoms. The van der Waals surface area contributed by atoms with Crippen molar-refractivity contribution in [3.63, 3.8) is 0 Å². The average molecular weight is 320 g/mol. The third-order valence-corrected chi connectivity index (χ3v) is 5.31. The molecule has 3 N–H and O–H groups in total. The highest BCUT2D eigenvalue weighted by molar-refractivity contribution is 7.98. The molecule has 0 spiro atoms. The summed E-state index contributed by atoms with van der Waals surface area (Å²) in [7, 11) is -3.54. The second-order valence-electron chi connectivity index (χ2n) is 5.14. The van der Waals surface area contributed by atoms with Gasteiger partial charge in [-0.05, 0) is 20.1 Å². The van der Waals surface area contributed by atoms with E-state index in [0.29, 0.717) is 17.9 Å². The Hall–Kier alpha value is -0.570. The molecule has 0 saturated heterocycles. The first-order chi connectivity index (χ1) is 9.27. The first kappa shape index (κ1) is 17.5. The molecule has 1 rings (SSSR count). The monoisotopic (exact) mass is 320 g/mol. The highest BCUT2D eigenvalue weighted by Crippen LogP contribution is 2.18. The Kier molecular flexibility index (Phi) is 6.50. The number of nitrogens with zero attached hydrogens (tertiary/aromatic N) is 1. The van der Waals surface area contributed by atoms with Gasteiger partial charge in [-0.3, -0.25) is 5.10 Å². The number of aromatic amines is 1. The number of hydrogen-bond acceptors (Lipinski definition) is 5. The summed E-state index contributed by atoms with van der Waals surface area (Å²) in [5, 5.41) is 10.0. The van der Waals surface area contributed by atoms with Gasteiger partial charge in [0.05, 0.1) is 11.4 Å². The van der Waals surface area contributed by atoms with Gasteiger partial charge in [0.1, 0.15) is 4.90 Å². The molecular formula is C12H24N4O2S2. The summed E-state index contributed by atoms with van der Waals surface area (Å²) in [5.41, 5.74) is 1.09. The van der Waals surface area contributed by atoms with Gasteiger partial charge in [0.25, 0.3) is 0 Å². The van der Waals surface area contributed by atoms with E-state index in [9.17, 15) is 8.42 Å². The summed E-state index contributed by atoms with van der Waals surface area (Å²) < 4.78 is 27.6. The van der Waals surface area contributed by atoms with Crippen LogP contribution in [0, 0.1) is 6.92 Å². The molecule has 0 saturated carbocycles. The highest BCUT2D eigenvalue weighted by Gasteiger charge is 2.25. The van der Waals surface area contributed by atoms with Gasteiger partial charge in [-0.1, -0.05) is 13.8 Å². The lowest BCUT2D eigenvalue weighted by Gasteiger charge is -2.14. The van der Waals surface area contributed by atoms with E-state index in [1.165, 1.54) is 0 Å². The van der Waals surface area contributed by atoms with Gasteiger partial charge >= 0.3 is 0 Å². The smallest absolute Gasteiger partial charge is 0.244 e. The molecule has 0 aliphatic heterocycles. The number of hydrogen-bond donors (Lipinski definition) is 3. The van der Waals surface area contributed by atoms with Crippen molar-refractivity contribution in [1.29, 1.82) is 0 Å². The van der Waals surface area contributed by atoms with Gasteiger partial charge in [0, 0.05) is 24.4 Å². The van der Waals surface area contributed by atoms with Crippen LogP contribution < -0.4 is 10.0 Å². The summed E-state index contributed by atoms with van der Waals surface area (Å²) in [6.45, 7) is 8.02. The number of sulfonamides is 1. The van der Waals surface area contributed by atoms with Crippen LogP contribution in [0.15, 0.2) is 4.90 Å². The van der Waals surface area contributed by atoms with E-state index in [0.717, 1.165) is 5.75 Å². The second-order valence-corrected chi connectivity index (χ2v) is 7.70.